The van der Waals surface area contributed by atoms with E-state index in [1.54, 1.807) is 0 Å². The Balaban J connectivity index is 2.16. The van der Waals surface area contributed by atoms with Crippen LogP contribution in [0.25, 0.3) is 0 Å². The van der Waals surface area contributed by atoms with Crippen molar-refractivity contribution in [3.05, 3.63) is 0 Å². The van der Waals surface area contributed by atoms with Crippen LogP contribution in [0.15, 0.2) is 0 Å². The second kappa shape index (κ2) is 3.87. The Bertz CT molecular complexity index is 166. The molecule has 0 aliphatic carbocycles. The number of amides is 1. The van der Waals surface area contributed by atoms with Gasteiger partial charge < -0.3 is 15.8 Å². The van der Waals surface area contributed by atoms with Crippen molar-refractivity contribution in [3.63, 3.8) is 0 Å². The minimum absolute atomic E-state index is 0.0302. The largest absolute Gasteiger partial charge is 0.377 e. The molecule has 12 heavy (non-hydrogen) atoms. The van der Waals surface area contributed by atoms with Crippen LogP contribution in [0.3, 0.4) is 0 Å². The minimum Gasteiger partial charge on any atom is -0.377 e. The molecule has 4 nitrogen and oxygen atoms in total. The van der Waals surface area contributed by atoms with E-state index in [0.717, 1.165) is 13.0 Å². The molecule has 1 amide bonds. The van der Waals surface area contributed by atoms with Crippen LogP contribution in [0, 0.1) is 0 Å². The van der Waals surface area contributed by atoms with Crippen molar-refractivity contribution in [2.75, 3.05) is 19.8 Å². The molecule has 1 rings (SSSR count). The van der Waals surface area contributed by atoms with Gasteiger partial charge in [-0.3, -0.25) is 4.79 Å². The van der Waals surface area contributed by atoms with Crippen molar-refractivity contribution in [2.24, 2.45) is 5.73 Å². The molecule has 1 heterocycles. The molecule has 1 aliphatic rings. The Hall–Kier alpha value is -0.610. The number of ether oxygens (including phenoxy) is 1. The lowest BCUT2D eigenvalue weighted by molar-refractivity contribution is -0.128. The Morgan fingerprint density at radius 2 is 2.33 bits per heavy atom. The van der Waals surface area contributed by atoms with Crippen LogP contribution < -0.4 is 11.1 Å². The van der Waals surface area contributed by atoms with Crippen LogP contribution in [-0.2, 0) is 9.53 Å². The molecule has 70 valence electrons. The van der Waals surface area contributed by atoms with Gasteiger partial charge >= 0.3 is 0 Å². The molecule has 1 fully saturated rings. The molecule has 4 heteroatoms. The van der Waals surface area contributed by atoms with E-state index < -0.39 is 5.54 Å². The van der Waals surface area contributed by atoms with Crippen LogP contribution in [0.1, 0.15) is 19.8 Å². The summed E-state index contributed by atoms with van der Waals surface area (Å²) in [7, 11) is 0. The fourth-order valence-corrected chi connectivity index (χ4v) is 1.11. The highest BCUT2D eigenvalue weighted by molar-refractivity contribution is 5.77. The van der Waals surface area contributed by atoms with Gasteiger partial charge in [-0.25, -0.2) is 0 Å². The second-order valence-electron chi connectivity index (χ2n) is 3.38. The fraction of sp³-hybridized carbons (Fsp3) is 0.875. The average Bonchev–Trinajstić information content (AvgIpc) is 1.98. The number of nitrogens with two attached hydrogens (primary N) is 1. The molecule has 0 aromatic carbocycles. The van der Waals surface area contributed by atoms with Crippen molar-refractivity contribution in [2.45, 2.75) is 25.3 Å². The SMILES string of the molecule is CCCNC(=O)CC1(N)COC1. The zero-order valence-electron chi connectivity index (χ0n) is 7.43. The minimum atomic E-state index is -0.391. The zero-order chi connectivity index (χ0) is 9.03. The van der Waals surface area contributed by atoms with E-state index in [2.05, 4.69) is 5.32 Å². The quantitative estimate of drug-likeness (QED) is 0.608. The molecule has 0 saturated carbocycles. The lowest BCUT2D eigenvalue weighted by Gasteiger charge is -2.37. The highest BCUT2D eigenvalue weighted by Crippen LogP contribution is 2.16. The third-order valence-corrected chi connectivity index (χ3v) is 1.86. The van der Waals surface area contributed by atoms with Gasteiger partial charge in [-0.05, 0) is 6.42 Å². The maximum atomic E-state index is 11.2. The van der Waals surface area contributed by atoms with Crippen molar-refractivity contribution >= 4 is 5.91 Å². The summed E-state index contributed by atoms with van der Waals surface area (Å²) in [5.41, 5.74) is 5.40. The molecule has 0 unspecified atom stereocenters. The molecule has 3 N–H and O–H groups in total. The molecule has 0 radical (unpaired) electrons. The first-order valence-corrected chi connectivity index (χ1v) is 4.30. The Morgan fingerprint density at radius 1 is 1.67 bits per heavy atom. The first-order valence-electron chi connectivity index (χ1n) is 4.30. The lowest BCUT2D eigenvalue weighted by atomic mass is 9.94. The topological polar surface area (TPSA) is 64.4 Å². The molecule has 1 saturated heterocycles. The van der Waals surface area contributed by atoms with Gasteiger partial charge in [-0.15, -0.1) is 0 Å². The van der Waals surface area contributed by atoms with Crippen LogP contribution in [0.2, 0.25) is 0 Å². The summed E-state index contributed by atoms with van der Waals surface area (Å²) in [4.78, 5) is 11.2. The summed E-state index contributed by atoms with van der Waals surface area (Å²) in [5, 5.41) is 2.78. The molecule has 0 bridgehead atoms. The van der Waals surface area contributed by atoms with Gasteiger partial charge in [0, 0.05) is 13.0 Å². The molecular weight excluding hydrogens is 156 g/mol. The third kappa shape index (κ3) is 2.46. The molecular formula is C8H16N2O2. The van der Waals surface area contributed by atoms with Gasteiger partial charge in [0.05, 0.1) is 18.8 Å². The van der Waals surface area contributed by atoms with Gasteiger partial charge in [-0.2, -0.15) is 0 Å². The summed E-state index contributed by atoms with van der Waals surface area (Å²) < 4.78 is 4.94. The van der Waals surface area contributed by atoms with Crippen molar-refractivity contribution in [3.8, 4) is 0 Å². The number of hydrogen-bond acceptors (Lipinski definition) is 3. The van der Waals surface area contributed by atoms with Crippen LogP contribution >= 0.6 is 0 Å². The molecule has 0 atom stereocenters. The third-order valence-electron chi connectivity index (χ3n) is 1.86. The number of nitrogens with one attached hydrogen (secondary N) is 1. The summed E-state index contributed by atoms with van der Waals surface area (Å²) in [6.45, 7) is 3.76. The number of carbonyl (C=O) groups excluding carboxylic acids is 1. The average molecular weight is 172 g/mol. The second-order valence-corrected chi connectivity index (χ2v) is 3.38. The first kappa shape index (κ1) is 9.48. The van der Waals surface area contributed by atoms with Gasteiger partial charge in [-0.1, -0.05) is 6.92 Å². The molecule has 0 spiro atoms. The number of rotatable bonds is 4. The number of hydrogen-bond donors (Lipinski definition) is 2. The summed E-state index contributed by atoms with van der Waals surface area (Å²) in [6, 6.07) is 0. The van der Waals surface area contributed by atoms with Gasteiger partial charge in [0.1, 0.15) is 0 Å². The van der Waals surface area contributed by atoms with Crippen LogP contribution in [0.5, 0.6) is 0 Å². The van der Waals surface area contributed by atoms with Crippen molar-refractivity contribution in [1.82, 2.24) is 5.32 Å². The Kier molecular flexibility index (Phi) is 3.05. The standard InChI is InChI=1S/C8H16N2O2/c1-2-3-10-7(11)4-8(9)5-12-6-8/h2-6,9H2,1H3,(H,10,11). The van der Waals surface area contributed by atoms with E-state index in [0.29, 0.717) is 19.6 Å². The van der Waals surface area contributed by atoms with Crippen molar-refractivity contribution < 1.29 is 9.53 Å². The summed E-state index contributed by atoms with van der Waals surface area (Å²) in [6.07, 6.45) is 1.34. The predicted molar refractivity (Wildman–Crippen MR) is 45.7 cm³/mol. The van der Waals surface area contributed by atoms with Gasteiger partial charge in [0.25, 0.3) is 0 Å². The van der Waals surface area contributed by atoms with Crippen molar-refractivity contribution in [1.29, 1.82) is 0 Å². The summed E-state index contributed by atoms with van der Waals surface area (Å²) >= 11 is 0. The van der Waals surface area contributed by atoms with E-state index in [1.165, 1.54) is 0 Å². The first-order chi connectivity index (χ1) is 5.66. The maximum Gasteiger partial charge on any atom is 0.222 e. The van der Waals surface area contributed by atoms with E-state index in [-0.39, 0.29) is 5.91 Å². The maximum absolute atomic E-state index is 11.2. The monoisotopic (exact) mass is 172 g/mol. The van der Waals surface area contributed by atoms with Gasteiger partial charge in [0.2, 0.25) is 5.91 Å². The lowest BCUT2D eigenvalue weighted by Crippen LogP contribution is -2.59. The van der Waals surface area contributed by atoms with Crippen LogP contribution in [0.4, 0.5) is 0 Å². The highest BCUT2D eigenvalue weighted by Gasteiger charge is 2.36. The van der Waals surface area contributed by atoms with Gasteiger partial charge in [0.15, 0.2) is 0 Å². The summed E-state index contributed by atoms with van der Waals surface area (Å²) in [5.74, 6) is 0.0302. The van der Waals surface area contributed by atoms with Crippen LogP contribution in [-0.4, -0.2) is 31.2 Å². The van der Waals surface area contributed by atoms with E-state index in [4.69, 9.17) is 10.5 Å². The Labute approximate surface area is 72.5 Å². The smallest absolute Gasteiger partial charge is 0.222 e. The predicted octanol–water partition coefficient (Wildman–Crippen LogP) is -0.370. The van der Waals surface area contributed by atoms with E-state index in [9.17, 15) is 4.79 Å². The Morgan fingerprint density at radius 3 is 2.75 bits per heavy atom. The molecule has 1 aliphatic heterocycles. The molecule has 0 aromatic heterocycles. The highest BCUT2D eigenvalue weighted by atomic mass is 16.5. The van der Waals surface area contributed by atoms with E-state index >= 15 is 0 Å². The zero-order valence-corrected chi connectivity index (χ0v) is 7.43. The normalized spacial score (nSPS) is 19.8. The fourth-order valence-electron chi connectivity index (χ4n) is 1.11. The molecule has 0 aromatic rings. The van der Waals surface area contributed by atoms with E-state index in [1.807, 2.05) is 6.92 Å². The number of carbonyl (C=O) groups is 1.